The van der Waals surface area contributed by atoms with E-state index in [1.54, 1.807) is 11.0 Å². The average molecular weight is 580 g/mol. The Bertz CT molecular complexity index is 1400. The molecule has 3 fully saturated rings. The largest absolute Gasteiger partial charge is 0.359 e. The molecule has 2 aromatic rings. The van der Waals surface area contributed by atoms with E-state index >= 15 is 0 Å². The molecule has 2 aromatic carbocycles. The lowest BCUT2D eigenvalue weighted by molar-refractivity contribution is -0.144. The van der Waals surface area contributed by atoms with Crippen molar-refractivity contribution in [3.8, 4) is 0 Å². The summed E-state index contributed by atoms with van der Waals surface area (Å²) >= 11 is 5.93. The molecule has 3 heterocycles. The van der Waals surface area contributed by atoms with Crippen LogP contribution in [0.4, 0.5) is 10.1 Å². The molecule has 9 unspecified atom stereocenters. The van der Waals surface area contributed by atoms with Gasteiger partial charge < -0.3 is 20.3 Å². The van der Waals surface area contributed by atoms with Crippen LogP contribution in [0.25, 0.3) is 0 Å². The zero-order valence-corrected chi connectivity index (χ0v) is 24.1. The van der Waals surface area contributed by atoms with E-state index in [0.717, 1.165) is 24.8 Å². The topological polar surface area (TPSA) is 87.7 Å². The molecule has 1 spiro atoms. The molecule has 0 radical (unpaired) electrons. The minimum absolute atomic E-state index is 0.00409. The lowest BCUT2D eigenvalue weighted by Gasteiger charge is -2.39. The molecule has 9 atom stereocenters. The van der Waals surface area contributed by atoms with Crippen LogP contribution in [0.3, 0.4) is 0 Å². The highest BCUT2D eigenvalue weighted by molar-refractivity contribution is 6.31. The molecule has 7 nitrogen and oxygen atoms in total. The predicted octanol–water partition coefficient (Wildman–Crippen LogP) is 5.27. The number of likely N-dealkylation sites (tertiary alicyclic amines) is 1. The molecule has 2 bridgehead atoms. The van der Waals surface area contributed by atoms with E-state index < -0.39 is 47.3 Å². The van der Waals surface area contributed by atoms with Crippen LogP contribution >= 0.6 is 11.6 Å². The maximum absolute atomic E-state index is 14.4. The van der Waals surface area contributed by atoms with Crippen LogP contribution in [0.15, 0.2) is 60.7 Å². The quantitative estimate of drug-likeness (QED) is 0.457. The third-order valence-electron chi connectivity index (χ3n) is 9.78. The first-order chi connectivity index (χ1) is 19.6. The smallest absolute Gasteiger partial charge is 0.246 e. The summed E-state index contributed by atoms with van der Waals surface area (Å²) in [5.74, 6) is -2.56. The average Bonchev–Trinajstić information content (AvgIpc) is 3.60. The van der Waals surface area contributed by atoms with Crippen molar-refractivity contribution in [2.75, 3.05) is 5.32 Å². The van der Waals surface area contributed by atoms with E-state index in [1.165, 1.54) is 18.2 Å². The summed E-state index contributed by atoms with van der Waals surface area (Å²) in [4.78, 5) is 43.9. The molecule has 9 heteroatoms. The summed E-state index contributed by atoms with van der Waals surface area (Å²) in [5, 5.41) is 5.95. The molecular formula is C32H35ClFN3O4. The Morgan fingerprint density at radius 2 is 1.88 bits per heavy atom. The van der Waals surface area contributed by atoms with Crippen molar-refractivity contribution >= 4 is 35.0 Å². The number of amides is 3. The van der Waals surface area contributed by atoms with Gasteiger partial charge in [-0.1, -0.05) is 80.8 Å². The van der Waals surface area contributed by atoms with Gasteiger partial charge in [0, 0.05) is 11.7 Å². The van der Waals surface area contributed by atoms with Crippen molar-refractivity contribution in [2.24, 2.45) is 23.7 Å². The van der Waals surface area contributed by atoms with Crippen molar-refractivity contribution in [2.45, 2.75) is 69.9 Å². The summed E-state index contributed by atoms with van der Waals surface area (Å²) in [6.45, 7) is 6.28. The minimum atomic E-state index is -1.28. The number of hydrogen-bond acceptors (Lipinski definition) is 4. The van der Waals surface area contributed by atoms with E-state index in [2.05, 4.69) is 24.5 Å². The summed E-state index contributed by atoms with van der Waals surface area (Å²) in [7, 11) is 0. The van der Waals surface area contributed by atoms with Crippen LogP contribution < -0.4 is 10.6 Å². The molecule has 1 aliphatic carbocycles. The number of anilines is 1. The zero-order chi connectivity index (χ0) is 29.1. The SMILES string of the molecule is CC1CCCC(NC(=O)C2N(C(C)c3ccccc3)C(=O)C3C(C(=O)Nc4ccc(F)c(Cl)c4)C4C=CC32O4)C1C. The van der Waals surface area contributed by atoms with Crippen molar-refractivity contribution in [3.63, 3.8) is 0 Å². The standard InChI is InChI=1S/C32H35ClFN3O4/c1-17-8-7-11-24(18(17)2)36-30(39)28-32-15-14-25(41-32)26(29(38)35-21-12-13-23(34)22(33)16-21)27(32)31(40)37(28)19(3)20-9-5-4-6-10-20/h4-6,9-10,12-19,24-28H,7-8,11H2,1-3H3,(H,35,38)(H,36,39). The number of fused-ring (bicyclic) bond motifs is 1. The van der Waals surface area contributed by atoms with Gasteiger partial charge in [0.1, 0.15) is 17.5 Å². The Hall–Kier alpha value is -3.23. The normalized spacial score (nSPS) is 34.4. The molecule has 41 heavy (non-hydrogen) atoms. The van der Waals surface area contributed by atoms with Gasteiger partial charge in [0.25, 0.3) is 0 Å². The first kappa shape index (κ1) is 27.9. The van der Waals surface area contributed by atoms with E-state index in [4.69, 9.17) is 16.3 Å². The van der Waals surface area contributed by atoms with Gasteiger partial charge in [-0.25, -0.2) is 4.39 Å². The maximum atomic E-state index is 14.4. The van der Waals surface area contributed by atoms with Gasteiger partial charge in [0.15, 0.2) is 0 Å². The zero-order valence-electron chi connectivity index (χ0n) is 23.3. The number of rotatable bonds is 6. The number of hydrogen-bond donors (Lipinski definition) is 2. The summed E-state index contributed by atoms with van der Waals surface area (Å²) < 4.78 is 20.2. The van der Waals surface area contributed by atoms with Crippen molar-refractivity contribution < 1.29 is 23.5 Å². The van der Waals surface area contributed by atoms with Crippen LogP contribution in [-0.2, 0) is 19.1 Å². The van der Waals surface area contributed by atoms with Crippen molar-refractivity contribution in [1.82, 2.24) is 10.2 Å². The van der Waals surface area contributed by atoms with Gasteiger partial charge in [-0.2, -0.15) is 0 Å². The highest BCUT2D eigenvalue weighted by atomic mass is 35.5. The molecule has 3 aliphatic heterocycles. The Labute approximate surface area is 244 Å². The van der Waals surface area contributed by atoms with Crippen molar-refractivity contribution in [3.05, 3.63) is 77.1 Å². The summed E-state index contributed by atoms with van der Waals surface area (Å²) in [6.07, 6.45) is 5.97. The van der Waals surface area contributed by atoms with Gasteiger partial charge in [-0.15, -0.1) is 0 Å². The molecular weight excluding hydrogens is 545 g/mol. The Morgan fingerprint density at radius 1 is 1.12 bits per heavy atom. The molecule has 4 aliphatic rings. The van der Waals surface area contributed by atoms with Gasteiger partial charge in [0.05, 0.1) is 29.0 Å². The number of carbonyl (C=O) groups is 3. The third-order valence-corrected chi connectivity index (χ3v) is 10.1. The lowest BCUT2D eigenvalue weighted by atomic mass is 9.73. The molecule has 0 aromatic heterocycles. The van der Waals surface area contributed by atoms with Crippen LogP contribution in [-0.4, -0.2) is 46.4 Å². The van der Waals surface area contributed by atoms with E-state index in [0.29, 0.717) is 17.5 Å². The summed E-state index contributed by atoms with van der Waals surface area (Å²) in [5.41, 5.74) is -0.0760. The number of halogens is 2. The number of ether oxygens (including phenoxy) is 1. The number of carbonyl (C=O) groups excluding carboxylic acids is 3. The molecule has 6 rings (SSSR count). The minimum Gasteiger partial charge on any atom is -0.359 e. The Balaban J connectivity index is 1.35. The van der Waals surface area contributed by atoms with Crippen molar-refractivity contribution in [1.29, 1.82) is 0 Å². The highest BCUT2D eigenvalue weighted by Gasteiger charge is 2.73. The third kappa shape index (κ3) is 4.56. The van der Waals surface area contributed by atoms with Gasteiger partial charge >= 0.3 is 0 Å². The number of benzene rings is 2. The Morgan fingerprint density at radius 3 is 2.61 bits per heavy atom. The Kier molecular flexibility index (Phi) is 7.19. The predicted molar refractivity (Wildman–Crippen MR) is 153 cm³/mol. The monoisotopic (exact) mass is 579 g/mol. The maximum Gasteiger partial charge on any atom is 0.246 e. The fraction of sp³-hybridized carbons (Fsp3) is 0.469. The fourth-order valence-corrected chi connectivity index (χ4v) is 7.54. The van der Waals surface area contributed by atoms with E-state index in [9.17, 15) is 18.8 Å². The molecule has 2 N–H and O–H groups in total. The molecule has 3 amide bonds. The summed E-state index contributed by atoms with van der Waals surface area (Å²) in [6, 6.07) is 12.1. The second kappa shape index (κ2) is 10.6. The molecule has 1 saturated carbocycles. The van der Waals surface area contributed by atoms with E-state index in [-0.39, 0.29) is 22.9 Å². The van der Waals surface area contributed by atoms with Gasteiger partial charge in [-0.3, -0.25) is 14.4 Å². The molecule has 2 saturated heterocycles. The fourth-order valence-electron chi connectivity index (χ4n) is 7.36. The lowest BCUT2D eigenvalue weighted by Crippen LogP contribution is -2.58. The second-order valence-electron chi connectivity index (χ2n) is 12.0. The van der Waals surface area contributed by atoms with Crippen LogP contribution in [0.5, 0.6) is 0 Å². The first-order valence-electron chi connectivity index (χ1n) is 14.4. The number of nitrogens with one attached hydrogen (secondary N) is 2. The van der Waals surface area contributed by atoms with E-state index in [1.807, 2.05) is 43.3 Å². The second-order valence-corrected chi connectivity index (χ2v) is 12.4. The first-order valence-corrected chi connectivity index (χ1v) is 14.8. The highest BCUT2D eigenvalue weighted by Crippen LogP contribution is 2.57. The van der Waals surface area contributed by atoms with Crippen LogP contribution in [0.2, 0.25) is 5.02 Å². The number of nitrogens with zero attached hydrogens (tertiary/aromatic N) is 1. The van der Waals surface area contributed by atoms with Gasteiger partial charge in [0.2, 0.25) is 17.7 Å². The molecule has 216 valence electrons. The van der Waals surface area contributed by atoms with Crippen LogP contribution in [0.1, 0.15) is 51.6 Å². The van der Waals surface area contributed by atoms with Crippen LogP contribution in [0, 0.1) is 29.5 Å². The van der Waals surface area contributed by atoms with Gasteiger partial charge in [-0.05, 0) is 48.9 Å².